The molecule has 0 N–H and O–H groups in total. The molecule has 0 saturated carbocycles. The second kappa shape index (κ2) is 7.52. The number of ketones is 1. The van der Waals surface area contributed by atoms with Crippen molar-refractivity contribution in [3.8, 4) is 0 Å². The van der Waals surface area contributed by atoms with Crippen molar-refractivity contribution in [2.24, 2.45) is 0 Å². The molecule has 0 amide bonds. The van der Waals surface area contributed by atoms with Crippen molar-refractivity contribution in [2.75, 3.05) is 6.54 Å². The zero-order valence-electron chi connectivity index (χ0n) is 12.0. The maximum absolute atomic E-state index is 11.3. The molecule has 1 saturated heterocycles. The highest BCUT2D eigenvalue weighted by Crippen LogP contribution is 2.29. The predicted molar refractivity (Wildman–Crippen MR) is 77.3 cm³/mol. The first kappa shape index (κ1) is 16.8. The first-order chi connectivity index (χ1) is 9.40. The van der Waals surface area contributed by atoms with Crippen LogP contribution in [0, 0.1) is 0 Å². The predicted octanol–water partition coefficient (Wildman–Crippen LogP) is 1.87. The molecule has 1 rings (SSSR count). The van der Waals surface area contributed by atoms with Gasteiger partial charge in [0.1, 0.15) is 6.10 Å². The lowest BCUT2D eigenvalue weighted by Crippen LogP contribution is -2.42. The highest BCUT2D eigenvalue weighted by Gasteiger charge is 2.29. The minimum absolute atomic E-state index is 0.0779. The number of carbonyl (C=O) groups excluding carboxylic acids is 1. The first-order valence-electron chi connectivity index (χ1n) is 6.41. The number of hydrogen-bond donors (Lipinski definition) is 0. The molecular formula is C14H20NO4S-. The summed E-state index contributed by atoms with van der Waals surface area (Å²) in [5, 5.41) is 0. The molecule has 0 aromatic rings. The average Bonchev–Trinajstić information content (AvgIpc) is 2.38. The van der Waals surface area contributed by atoms with Crippen LogP contribution in [-0.2, 0) is 20.8 Å². The van der Waals surface area contributed by atoms with Gasteiger partial charge in [0, 0.05) is 23.4 Å². The number of hydrogen-bond acceptors (Lipinski definition) is 4. The Labute approximate surface area is 122 Å². The Bertz CT molecular complexity index is 470. The minimum Gasteiger partial charge on any atom is -0.755 e. The van der Waals surface area contributed by atoms with E-state index in [2.05, 4.69) is 6.58 Å². The third-order valence-electron chi connectivity index (χ3n) is 3.16. The number of Topliss-reactive ketones (excluding diaryl/α,β-unsaturated/α-hetero) is 1. The topological polar surface area (TPSA) is 69.7 Å². The molecule has 5 nitrogen and oxygen atoms in total. The molecule has 1 aliphatic heterocycles. The van der Waals surface area contributed by atoms with E-state index >= 15 is 0 Å². The highest BCUT2D eigenvalue weighted by atomic mass is 32.2. The van der Waals surface area contributed by atoms with E-state index in [0.29, 0.717) is 12.1 Å². The van der Waals surface area contributed by atoms with E-state index in [9.17, 15) is 13.6 Å². The number of rotatable bonds is 5. The minimum atomic E-state index is -2.38. The van der Waals surface area contributed by atoms with Gasteiger partial charge in [0.2, 0.25) is 0 Å². The molecule has 20 heavy (non-hydrogen) atoms. The van der Waals surface area contributed by atoms with Gasteiger partial charge in [-0.2, -0.15) is 0 Å². The zero-order chi connectivity index (χ0) is 15.3. The number of nitrogens with zero attached hydrogens (tertiary/aromatic N) is 1. The Hall–Kier alpha value is -1.24. The molecule has 1 aliphatic rings. The van der Waals surface area contributed by atoms with Crippen molar-refractivity contribution in [1.82, 2.24) is 4.31 Å². The Balaban J connectivity index is 2.98. The summed E-state index contributed by atoms with van der Waals surface area (Å²) in [6, 6.07) is 0. The van der Waals surface area contributed by atoms with Crippen LogP contribution < -0.4 is 0 Å². The summed E-state index contributed by atoms with van der Waals surface area (Å²) in [5.74, 6) is -0.0779. The molecule has 0 aromatic carbocycles. The van der Waals surface area contributed by atoms with E-state index in [-0.39, 0.29) is 18.4 Å². The molecule has 1 heterocycles. The van der Waals surface area contributed by atoms with Crippen LogP contribution in [0.3, 0.4) is 0 Å². The third kappa shape index (κ3) is 4.13. The molecule has 3 atom stereocenters. The van der Waals surface area contributed by atoms with E-state index in [1.54, 1.807) is 32.1 Å². The molecule has 0 spiro atoms. The summed E-state index contributed by atoms with van der Waals surface area (Å²) in [6.45, 7) is 8.75. The van der Waals surface area contributed by atoms with Crippen LogP contribution in [-0.4, -0.2) is 37.6 Å². The summed E-state index contributed by atoms with van der Waals surface area (Å²) in [4.78, 5) is 11.3. The lowest BCUT2D eigenvalue weighted by molar-refractivity contribution is -0.131. The molecule has 112 valence electrons. The fourth-order valence-corrected chi connectivity index (χ4v) is 2.77. The maximum Gasteiger partial charge on any atom is 0.158 e. The van der Waals surface area contributed by atoms with Gasteiger partial charge in [-0.25, -0.2) is 0 Å². The van der Waals surface area contributed by atoms with Gasteiger partial charge >= 0.3 is 0 Å². The van der Waals surface area contributed by atoms with Gasteiger partial charge in [0.25, 0.3) is 0 Å². The first-order valence-corrected chi connectivity index (χ1v) is 7.45. The molecule has 0 radical (unpaired) electrons. The van der Waals surface area contributed by atoms with E-state index < -0.39 is 17.4 Å². The SMILES string of the molecule is C=C/C=C1/C[C@@H](OC(C)C(C)=O)CN(S(=O)[O-])/C1=C/C. The maximum atomic E-state index is 11.3. The van der Waals surface area contributed by atoms with E-state index in [1.165, 1.54) is 11.2 Å². The van der Waals surface area contributed by atoms with Crippen LogP contribution in [0.4, 0.5) is 0 Å². The van der Waals surface area contributed by atoms with Gasteiger partial charge in [-0.1, -0.05) is 24.8 Å². The van der Waals surface area contributed by atoms with Gasteiger partial charge in [-0.15, -0.1) is 0 Å². The lowest BCUT2D eigenvalue weighted by Gasteiger charge is -2.39. The van der Waals surface area contributed by atoms with Crippen LogP contribution >= 0.6 is 0 Å². The van der Waals surface area contributed by atoms with E-state index in [4.69, 9.17) is 4.74 Å². The zero-order valence-corrected chi connectivity index (χ0v) is 12.8. The van der Waals surface area contributed by atoms with Gasteiger partial charge < -0.3 is 13.6 Å². The molecule has 1 fully saturated rings. The van der Waals surface area contributed by atoms with Crippen LogP contribution in [0.2, 0.25) is 0 Å². The molecule has 0 aromatic heterocycles. The fourth-order valence-electron chi connectivity index (χ4n) is 2.10. The lowest BCUT2D eigenvalue weighted by atomic mass is 9.99. The van der Waals surface area contributed by atoms with Crippen LogP contribution in [0.5, 0.6) is 0 Å². The highest BCUT2D eigenvalue weighted by molar-refractivity contribution is 7.76. The Morgan fingerprint density at radius 1 is 1.65 bits per heavy atom. The largest absolute Gasteiger partial charge is 0.755 e. The second-order valence-electron chi connectivity index (χ2n) is 4.59. The quantitative estimate of drug-likeness (QED) is 0.726. The summed E-state index contributed by atoms with van der Waals surface area (Å²) in [5.41, 5.74) is 1.47. The average molecular weight is 298 g/mol. The molecule has 2 unspecified atom stereocenters. The van der Waals surface area contributed by atoms with Gasteiger partial charge in [-0.05, 0) is 26.3 Å². The van der Waals surface area contributed by atoms with Crippen LogP contribution in [0.1, 0.15) is 27.2 Å². The standard InChI is InChI=1S/C14H21NO4S/c1-5-7-12-8-13(19-11(4)10(3)16)9-15(20(17)18)14(12)6-2/h5-7,11,13H,1,8-9H2,2-4H3,(H,17,18)/p-1/b12-7-,14-6+/t11?,13-/m1/s1. The Morgan fingerprint density at radius 2 is 2.30 bits per heavy atom. The van der Waals surface area contributed by atoms with Crippen LogP contribution in [0.15, 0.2) is 36.1 Å². The van der Waals surface area contributed by atoms with Crippen molar-refractivity contribution in [2.45, 2.75) is 39.4 Å². The van der Waals surface area contributed by atoms with Gasteiger partial charge in [0.15, 0.2) is 5.78 Å². The second-order valence-corrected chi connectivity index (χ2v) is 5.47. The molecule has 0 aliphatic carbocycles. The summed E-state index contributed by atoms with van der Waals surface area (Å²) in [7, 11) is 0. The van der Waals surface area contributed by atoms with Crippen molar-refractivity contribution in [3.63, 3.8) is 0 Å². The molecular weight excluding hydrogens is 278 g/mol. The van der Waals surface area contributed by atoms with Gasteiger partial charge in [-0.3, -0.25) is 9.00 Å². The summed E-state index contributed by atoms with van der Waals surface area (Å²) in [6.07, 6.45) is 4.79. The molecule has 0 bridgehead atoms. The summed E-state index contributed by atoms with van der Waals surface area (Å²) < 4.78 is 29.6. The van der Waals surface area contributed by atoms with Crippen LogP contribution in [0.25, 0.3) is 0 Å². The number of ether oxygens (including phenoxy) is 1. The van der Waals surface area contributed by atoms with Crippen molar-refractivity contribution in [3.05, 3.63) is 36.1 Å². The Morgan fingerprint density at radius 3 is 2.75 bits per heavy atom. The smallest absolute Gasteiger partial charge is 0.158 e. The third-order valence-corrected chi connectivity index (χ3v) is 3.86. The van der Waals surface area contributed by atoms with Crippen molar-refractivity contribution in [1.29, 1.82) is 0 Å². The van der Waals surface area contributed by atoms with Crippen molar-refractivity contribution < 1.29 is 18.3 Å². The number of carbonyl (C=O) groups is 1. The van der Waals surface area contributed by atoms with E-state index in [0.717, 1.165) is 5.57 Å². The Kier molecular flexibility index (Phi) is 6.32. The fraction of sp³-hybridized carbons (Fsp3) is 0.500. The van der Waals surface area contributed by atoms with Gasteiger partial charge in [0.05, 0.1) is 12.6 Å². The monoisotopic (exact) mass is 298 g/mol. The number of allylic oxidation sites excluding steroid dienone is 4. The summed E-state index contributed by atoms with van der Waals surface area (Å²) >= 11 is -2.38. The number of piperidine rings is 1. The van der Waals surface area contributed by atoms with E-state index in [1.807, 2.05) is 0 Å². The normalized spacial score (nSPS) is 26.6. The van der Waals surface area contributed by atoms with Crippen molar-refractivity contribution >= 4 is 17.0 Å². The molecule has 6 heteroatoms.